The Morgan fingerprint density at radius 3 is 2.62 bits per heavy atom. The second-order valence-electron chi connectivity index (χ2n) is 5.08. The van der Waals surface area contributed by atoms with Gasteiger partial charge in [-0.25, -0.2) is 0 Å². The molecule has 0 unspecified atom stereocenters. The van der Waals surface area contributed by atoms with Crippen molar-refractivity contribution in [2.24, 2.45) is 5.92 Å². The fraction of sp³-hybridized carbons (Fsp3) is 0.375. The monoisotopic (exact) mass is 350 g/mol. The number of halogens is 1. The zero-order chi connectivity index (χ0) is 15.2. The van der Waals surface area contributed by atoms with Gasteiger partial charge in [-0.3, -0.25) is 9.59 Å². The fourth-order valence-electron chi connectivity index (χ4n) is 2.47. The predicted octanol–water partition coefficient (Wildman–Crippen LogP) is 2.60. The maximum atomic E-state index is 12.5. The second kappa shape index (κ2) is 7.41. The molecule has 5 heteroatoms. The molecule has 1 saturated heterocycles. The fourth-order valence-corrected chi connectivity index (χ4v) is 2.92. The van der Waals surface area contributed by atoms with Crippen molar-refractivity contribution in [1.29, 1.82) is 0 Å². The third kappa shape index (κ3) is 3.94. The molecule has 1 heterocycles. The van der Waals surface area contributed by atoms with Gasteiger partial charge in [0.2, 0.25) is 5.91 Å². The van der Waals surface area contributed by atoms with E-state index in [0.29, 0.717) is 38.0 Å². The van der Waals surface area contributed by atoms with Crippen LogP contribution in [-0.2, 0) is 4.79 Å². The number of carbonyl (C=O) groups excluding carboxylic acids is 2. The van der Waals surface area contributed by atoms with Crippen molar-refractivity contribution in [3.8, 4) is 0 Å². The van der Waals surface area contributed by atoms with E-state index in [-0.39, 0.29) is 17.7 Å². The van der Waals surface area contributed by atoms with Crippen LogP contribution in [0.15, 0.2) is 41.4 Å². The van der Waals surface area contributed by atoms with Gasteiger partial charge in [0.05, 0.1) is 5.56 Å². The highest BCUT2D eigenvalue weighted by atomic mass is 79.9. The van der Waals surface area contributed by atoms with E-state index in [1.54, 1.807) is 6.08 Å². The highest BCUT2D eigenvalue weighted by molar-refractivity contribution is 9.10. The van der Waals surface area contributed by atoms with E-state index in [4.69, 9.17) is 0 Å². The number of benzene rings is 1. The minimum absolute atomic E-state index is 0.00628. The summed E-state index contributed by atoms with van der Waals surface area (Å²) in [5.41, 5.74) is 0.673. The first-order valence-corrected chi connectivity index (χ1v) is 7.85. The molecule has 2 rings (SSSR count). The predicted molar refractivity (Wildman–Crippen MR) is 86.0 cm³/mol. The van der Waals surface area contributed by atoms with Crippen LogP contribution in [0, 0.1) is 5.92 Å². The average molecular weight is 351 g/mol. The molecule has 1 aliphatic heterocycles. The van der Waals surface area contributed by atoms with Crippen molar-refractivity contribution < 1.29 is 9.59 Å². The first-order chi connectivity index (χ1) is 10.1. The Bertz CT molecular complexity index is 537. The molecule has 1 aromatic rings. The van der Waals surface area contributed by atoms with Crippen LogP contribution in [0.3, 0.4) is 0 Å². The molecular weight excluding hydrogens is 332 g/mol. The van der Waals surface area contributed by atoms with Crippen molar-refractivity contribution in [1.82, 2.24) is 10.2 Å². The minimum atomic E-state index is -0.00628. The Morgan fingerprint density at radius 2 is 2.00 bits per heavy atom. The summed E-state index contributed by atoms with van der Waals surface area (Å²) < 4.78 is 0.806. The summed E-state index contributed by atoms with van der Waals surface area (Å²) in [5.74, 6) is 0.0727. The lowest BCUT2D eigenvalue weighted by Crippen LogP contribution is -2.43. The summed E-state index contributed by atoms with van der Waals surface area (Å²) in [5, 5.41) is 2.82. The van der Waals surface area contributed by atoms with Gasteiger partial charge >= 0.3 is 0 Å². The zero-order valence-corrected chi connectivity index (χ0v) is 13.4. The van der Waals surface area contributed by atoms with Crippen LogP contribution < -0.4 is 5.32 Å². The van der Waals surface area contributed by atoms with Crippen LogP contribution in [0.4, 0.5) is 0 Å². The van der Waals surface area contributed by atoms with Crippen molar-refractivity contribution in [2.45, 2.75) is 12.8 Å². The molecular formula is C16H19BrN2O2. The van der Waals surface area contributed by atoms with E-state index in [2.05, 4.69) is 27.8 Å². The average Bonchev–Trinajstić information content (AvgIpc) is 2.52. The lowest BCUT2D eigenvalue weighted by molar-refractivity contribution is -0.126. The first-order valence-electron chi connectivity index (χ1n) is 7.06. The van der Waals surface area contributed by atoms with Crippen molar-refractivity contribution in [3.63, 3.8) is 0 Å². The van der Waals surface area contributed by atoms with Crippen LogP contribution in [0.1, 0.15) is 23.2 Å². The third-order valence-electron chi connectivity index (χ3n) is 3.68. The van der Waals surface area contributed by atoms with Crippen LogP contribution >= 0.6 is 15.9 Å². The molecule has 112 valence electrons. The molecule has 0 bridgehead atoms. The van der Waals surface area contributed by atoms with E-state index in [1.165, 1.54) is 0 Å². The van der Waals surface area contributed by atoms with E-state index in [0.717, 1.165) is 4.47 Å². The van der Waals surface area contributed by atoms with Crippen molar-refractivity contribution >= 4 is 27.7 Å². The Balaban J connectivity index is 1.92. The molecule has 0 saturated carbocycles. The van der Waals surface area contributed by atoms with Gasteiger partial charge in [0.25, 0.3) is 5.91 Å². The molecule has 1 fully saturated rings. The van der Waals surface area contributed by atoms with Gasteiger partial charge < -0.3 is 10.2 Å². The molecule has 1 N–H and O–H groups in total. The molecule has 0 atom stereocenters. The number of nitrogens with one attached hydrogen (secondary N) is 1. The van der Waals surface area contributed by atoms with Crippen LogP contribution in [-0.4, -0.2) is 36.3 Å². The van der Waals surface area contributed by atoms with Gasteiger partial charge in [-0.2, -0.15) is 0 Å². The summed E-state index contributed by atoms with van der Waals surface area (Å²) >= 11 is 3.41. The van der Waals surface area contributed by atoms with E-state index in [9.17, 15) is 9.59 Å². The van der Waals surface area contributed by atoms with Crippen LogP contribution in [0.5, 0.6) is 0 Å². The summed E-state index contributed by atoms with van der Waals surface area (Å²) in [4.78, 5) is 26.2. The third-order valence-corrected chi connectivity index (χ3v) is 4.37. The van der Waals surface area contributed by atoms with E-state index in [1.807, 2.05) is 29.2 Å². The first kappa shape index (κ1) is 15.8. The number of likely N-dealkylation sites (tertiary alicyclic amines) is 1. The molecule has 4 nitrogen and oxygen atoms in total. The number of piperidine rings is 1. The second-order valence-corrected chi connectivity index (χ2v) is 5.93. The molecule has 0 spiro atoms. The highest BCUT2D eigenvalue weighted by Crippen LogP contribution is 2.22. The molecule has 1 aromatic carbocycles. The van der Waals surface area contributed by atoms with Crippen molar-refractivity contribution in [3.05, 3.63) is 47.0 Å². The number of hydrogen-bond donors (Lipinski definition) is 1. The lowest BCUT2D eigenvalue weighted by Gasteiger charge is -2.31. The maximum absolute atomic E-state index is 12.5. The zero-order valence-electron chi connectivity index (χ0n) is 11.8. The Morgan fingerprint density at radius 1 is 1.33 bits per heavy atom. The normalized spacial score (nSPS) is 15.6. The number of nitrogens with zero attached hydrogens (tertiary/aromatic N) is 1. The summed E-state index contributed by atoms with van der Waals surface area (Å²) in [6, 6.07) is 7.42. The van der Waals surface area contributed by atoms with Crippen LogP contribution in [0.2, 0.25) is 0 Å². The molecule has 0 aliphatic carbocycles. The quantitative estimate of drug-likeness (QED) is 0.848. The number of carbonyl (C=O) groups is 2. The van der Waals surface area contributed by atoms with Gasteiger partial charge in [-0.15, -0.1) is 6.58 Å². The van der Waals surface area contributed by atoms with Gasteiger partial charge in [0.1, 0.15) is 0 Å². The number of hydrogen-bond acceptors (Lipinski definition) is 2. The molecule has 21 heavy (non-hydrogen) atoms. The summed E-state index contributed by atoms with van der Waals surface area (Å²) in [7, 11) is 0. The smallest absolute Gasteiger partial charge is 0.254 e. The Labute approximate surface area is 133 Å². The highest BCUT2D eigenvalue weighted by Gasteiger charge is 2.28. The number of rotatable bonds is 4. The van der Waals surface area contributed by atoms with Gasteiger partial charge in [0.15, 0.2) is 0 Å². The summed E-state index contributed by atoms with van der Waals surface area (Å²) in [6.45, 7) is 5.31. The largest absolute Gasteiger partial charge is 0.352 e. The minimum Gasteiger partial charge on any atom is -0.352 e. The molecule has 1 aliphatic rings. The standard InChI is InChI=1S/C16H19BrN2O2/c1-2-9-18-15(20)12-7-10-19(11-8-12)16(21)13-5-3-4-6-14(13)17/h2-6,12H,1,7-11H2,(H,18,20). The Hall–Kier alpha value is -1.62. The van der Waals surface area contributed by atoms with Crippen LogP contribution in [0.25, 0.3) is 0 Å². The molecule has 0 radical (unpaired) electrons. The summed E-state index contributed by atoms with van der Waals surface area (Å²) in [6.07, 6.45) is 3.09. The van der Waals surface area contributed by atoms with Gasteiger partial charge in [0, 0.05) is 30.0 Å². The van der Waals surface area contributed by atoms with Crippen molar-refractivity contribution in [2.75, 3.05) is 19.6 Å². The molecule has 2 amide bonds. The van der Waals surface area contributed by atoms with E-state index >= 15 is 0 Å². The maximum Gasteiger partial charge on any atom is 0.254 e. The van der Waals surface area contributed by atoms with Gasteiger partial charge in [-0.1, -0.05) is 18.2 Å². The van der Waals surface area contributed by atoms with Gasteiger partial charge in [-0.05, 0) is 40.9 Å². The Kier molecular flexibility index (Phi) is 5.56. The molecule has 0 aromatic heterocycles. The SMILES string of the molecule is C=CCNC(=O)C1CCN(C(=O)c2ccccc2Br)CC1. The topological polar surface area (TPSA) is 49.4 Å². The van der Waals surface area contributed by atoms with E-state index < -0.39 is 0 Å². The number of amides is 2. The lowest BCUT2D eigenvalue weighted by atomic mass is 9.95.